The highest BCUT2D eigenvalue weighted by Gasteiger charge is 2.18. The molecule has 0 bridgehead atoms. The van der Waals surface area contributed by atoms with E-state index in [9.17, 15) is 0 Å². The highest BCUT2D eigenvalue weighted by molar-refractivity contribution is 6.35. The highest BCUT2D eigenvalue weighted by atomic mass is 35.5. The smallest absolute Gasteiger partial charge is 0.131 e. The number of hydrogen-bond acceptors (Lipinski definition) is 0. The van der Waals surface area contributed by atoms with Crippen molar-refractivity contribution in [2.24, 2.45) is 0 Å². The van der Waals surface area contributed by atoms with E-state index in [2.05, 4.69) is 41.0 Å². The maximum atomic E-state index is 15.1. The van der Waals surface area contributed by atoms with Crippen LogP contribution in [0.1, 0.15) is 0 Å². The zero-order chi connectivity index (χ0) is 29.0. The summed E-state index contributed by atoms with van der Waals surface area (Å²) in [5.74, 6) is -0.272. The van der Waals surface area contributed by atoms with Crippen molar-refractivity contribution in [1.29, 1.82) is 0 Å². The van der Waals surface area contributed by atoms with Gasteiger partial charge in [-0.25, -0.2) is 4.39 Å². The molecule has 6 aromatic carbocycles. The Bertz CT molecular complexity index is 2020. The van der Waals surface area contributed by atoms with E-state index in [1.165, 1.54) is 6.07 Å². The first-order valence-corrected chi connectivity index (χ1v) is 14.7. The van der Waals surface area contributed by atoms with Crippen molar-refractivity contribution in [3.05, 3.63) is 147 Å². The molecule has 0 unspecified atom stereocenters. The minimum Gasteiger partial charge on any atom is -0.309 e. The Balaban J connectivity index is 1.55. The molecular formula is C36H20Cl4FN. The van der Waals surface area contributed by atoms with Crippen LogP contribution in [0, 0.1) is 5.82 Å². The second-order valence-electron chi connectivity index (χ2n) is 10.1. The zero-order valence-electron chi connectivity index (χ0n) is 21.9. The number of fused-ring (bicyclic) bond motifs is 3. The summed E-state index contributed by atoms with van der Waals surface area (Å²) in [5.41, 5.74) is 7.96. The highest BCUT2D eigenvalue weighted by Crippen LogP contribution is 2.40. The summed E-state index contributed by atoms with van der Waals surface area (Å²) in [6, 6.07) is 38.4. The van der Waals surface area contributed by atoms with Crippen molar-refractivity contribution in [1.82, 2.24) is 4.57 Å². The average Bonchev–Trinajstić information content (AvgIpc) is 3.29. The standard InChI is InChI=1S/C36H20Cl4FN/c37-25-13-23(14-26(38)19-25)21-9-11-35-31(17-21)32-18-22(24-15-27(39)20-28(40)16-24)10-12-36(32)42(35)34-8-4-2-6-30(34)29-5-1-3-7-33(29)41/h1-20H. The molecule has 6 heteroatoms. The van der Waals surface area contributed by atoms with Crippen molar-refractivity contribution >= 4 is 68.2 Å². The number of hydrogen-bond donors (Lipinski definition) is 0. The summed E-state index contributed by atoms with van der Waals surface area (Å²) in [7, 11) is 0. The van der Waals surface area contributed by atoms with Gasteiger partial charge in [0.05, 0.1) is 16.7 Å². The summed E-state index contributed by atoms with van der Waals surface area (Å²) < 4.78 is 17.3. The van der Waals surface area contributed by atoms with Gasteiger partial charge in [0.25, 0.3) is 0 Å². The fourth-order valence-corrected chi connectivity index (χ4v) is 6.71. The van der Waals surface area contributed by atoms with E-state index in [-0.39, 0.29) is 5.82 Å². The molecule has 1 heterocycles. The lowest BCUT2D eigenvalue weighted by Gasteiger charge is -2.15. The molecule has 204 valence electrons. The molecule has 0 amide bonds. The van der Waals surface area contributed by atoms with Crippen LogP contribution in [0.15, 0.2) is 121 Å². The third kappa shape index (κ3) is 4.85. The van der Waals surface area contributed by atoms with Crippen molar-refractivity contribution < 1.29 is 4.39 Å². The zero-order valence-corrected chi connectivity index (χ0v) is 24.9. The first kappa shape index (κ1) is 27.1. The first-order chi connectivity index (χ1) is 20.4. The monoisotopic (exact) mass is 625 g/mol. The van der Waals surface area contributed by atoms with Gasteiger partial charge in [0.15, 0.2) is 0 Å². The lowest BCUT2D eigenvalue weighted by Crippen LogP contribution is -1.98. The Kier molecular flexibility index (Phi) is 6.96. The van der Waals surface area contributed by atoms with Gasteiger partial charge in [0.1, 0.15) is 5.82 Å². The topological polar surface area (TPSA) is 4.93 Å². The predicted molar refractivity (Wildman–Crippen MR) is 177 cm³/mol. The van der Waals surface area contributed by atoms with Crippen LogP contribution in [0.4, 0.5) is 4.39 Å². The molecule has 1 nitrogen and oxygen atoms in total. The SMILES string of the molecule is Fc1ccccc1-c1ccccc1-n1c2ccc(-c3cc(Cl)cc(Cl)c3)cc2c2cc(-c3cc(Cl)cc(Cl)c3)ccc21. The number of rotatable bonds is 4. The Morgan fingerprint density at radius 2 is 0.881 bits per heavy atom. The lowest BCUT2D eigenvalue weighted by atomic mass is 10.0. The van der Waals surface area contributed by atoms with Gasteiger partial charge < -0.3 is 4.57 Å². The first-order valence-electron chi connectivity index (χ1n) is 13.2. The van der Waals surface area contributed by atoms with Crippen molar-refractivity contribution in [3.63, 3.8) is 0 Å². The summed E-state index contributed by atoms with van der Waals surface area (Å²) in [5, 5.41) is 4.32. The van der Waals surface area contributed by atoms with E-state index >= 15 is 4.39 Å². The number of nitrogens with zero attached hydrogens (tertiary/aromatic N) is 1. The average molecular weight is 627 g/mol. The second kappa shape index (κ2) is 10.8. The third-order valence-electron chi connectivity index (χ3n) is 7.47. The lowest BCUT2D eigenvalue weighted by molar-refractivity contribution is 0.631. The van der Waals surface area contributed by atoms with Crippen LogP contribution in [0.3, 0.4) is 0 Å². The van der Waals surface area contributed by atoms with Gasteiger partial charge in [0.2, 0.25) is 0 Å². The molecule has 0 fully saturated rings. The van der Waals surface area contributed by atoms with Crippen LogP contribution >= 0.6 is 46.4 Å². The van der Waals surface area contributed by atoms with Gasteiger partial charge in [-0.15, -0.1) is 0 Å². The van der Waals surface area contributed by atoms with Crippen LogP contribution in [0.5, 0.6) is 0 Å². The summed E-state index contributed by atoms with van der Waals surface area (Å²) in [6.07, 6.45) is 0. The quantitative estimate of drug-likeness (QED) is 0.183. The van der Waals surface area contributed by atoms with E-state index in [1.807, 2.05) is 60.7 Å². The Morgan fingerprint density at radius 1 is 0.429 bits per heavy atom. The second-order valence-corrected chi connectivity index (χ2v) is 11.9. The van der Waals surface area contributed by atoms with E-state index < -0.39 is 0 Å². The Labute approximate surface area is 262 Å². The van der Waals surface area contributed by atoms with Crippen molar-refractivity contribution in [3.8, 4) is 39.1 Å². The molecule has 0 radical (unpaired) electrons. The molecule has 0 aliphatic heterocycles. The summed E-state index contributed by atoms with van der Waals surface area (Å²) >= 11 is 25.4. The molecule has 42 heavy (non-hydrogen) atoms. The summed E-state index contributed by atoms with van der Waals surface area (Å²) in [6.45, 7) is 0. The molecule has 0 aliphatic carbocycles. The van der Waals surface area contributed by atoms with E-state index in [4.69, 9.17) is 46.4 Å². The van der Waals surface area contributed by atoms with Gasteiger partial charge in [-0.05, 0) is 95.1 Å². The maximum absolute atomic E-state index is 15.1. The normalized spacial score (nSPS) is 11.5. The minimum absolute atomic E-state index is 0.272. The van der Waals surface area contributed by atoms with Crippen LogP contribution in [-0.4, -0.2) is 4.57 Å². The minimum atomic E-state index is -0.272. The van der Waals surface area contributed by atoms with Gasteiger partial charge in [-0.1, -0.05) is 94.9 Å². The van der Waals surface area contributed by atoms with E-state index in [0.717, 1.165) is 55.3 Å². The van der Waals surface area contributed by atoms with Crippen molar-refractivity contribution in [2.75, 3.05) is 0 Å². The fourth-order valence-electron chi connectivity index (χ4n) is 5.66. The molecule has 1 aromatic heterocycles. The number of halogens is 5. The number of aromatic nitrogens is 1. The van der Waals surface area contributed by atoms with Crippen molar-refractivity contribution in [2.45, 2.75) is 0 Å². The Morgan fingerprint density at radius 3 is 1.38 bits per heavy atom. The van der Waals surface area contributed by atoms with Gasteiger partial charge in [-0.2, -0.15) is 0 Å². The van der Waals surface area contributed by atoms with E-state index in [0.29, 0.717) is 25.7 Å². The van der Waals surface area contributed by atoms with Crippen LogP contribution in [-0.2, 0) is 0 Å². The number of para-hydroxylation sites is 1. The van der Waals surface area contributed by atoms with Crippen LogP contribution in [0.25, 0.3) is 60.9 Å². The fraction of sp³-hybridized carbons (Fsp3) is 0. The van der Waals surface area contributed by atoms with Crippen LogP contribution < -0.4 is 0 Å². The van der Waals surface area contributed by atoms with E-state index in [1.54, 1.807) is 18.2 Å². The van der Waals surface area contributed by atoms with Crippen LogP contribution in [0.2, 0.25) is 20.1 Å². The number of benzene rings is 6. The molecule has 0 aliphatic rings. The largest absolute Gasteiger partial charge is 0.309 e. The molecule has 7 rings (SSSR count). The molecule has 0 atom stereocenters. The summed E-state index contributed by atoms with van der Waals surface area (Å²) in [4.78, 5) is 0. The molecule has 0 N–H and O–H groups in total. The van der Waals surface area contributed by atoms with Gasteiger partial charge in [-0.3, -0.25) is 0 Å². The van der Waals surface area contributed by atoms with Gasteiger partial charge in [0, 0.05) is 42.0 Å². The molecular weight excluding hydrogens is 607 g/mol. The van der Waals surface area contributed by atoms with Gasteiger partial charge >= 0.3 is 0 Å². The maximum Gasteiger partial charge on any atom is 0.131 e. The Hall–Kier alpha value is -3.79. The molecule has 0 spiro atoms. The molecule has 7 aromatic rings. The molecule has 0 saturated carbocycles. The molecule has 0 saturated heterocycles. The predicted octanol–water partition coefficient (Wildman–Crippen LogP) is 12.5. The third-order valence-corrected chi connectivity index (χ3v) is 8.34.